The fraction of sp³-hybridized carbons (Fsp3) is 1.00. The molecule has 0 N–H and O–H groups in total. The molecule has 0 saturated heterocycles. The second-order valence-corrected chi connectivity index (χ2v) is 4.95. The molecule has 0 aliphatic carbocycles. The van der Waals surface area contributed by atoms with Gasteiger partial charge in [-0.25, -0.2) is 0 Å². The van der Waals surface area contributed by atoms with Crippen molar-refractivity contribution in [1.82, 2.24) is 0 Å². The van der Waals surface area contributed by atoms with Gasteiger partial charge in [-0.1, -0.05) is 6.92 Å². The van der Waals surface area contributed by atoms with Gasteiger partial charge in [-0.2, -0.15) is 13.5 Å². The molecule has 0 aliphatic rings. The molecule has 0 aliphatic heterocycles. The first-order valence-electron chi connectivity index (χ1n) is 2.90. The highest BCUT2D eigenvalue weighted by Gasteiger charge is 2.34. The maximum atomic E-state index is 5.08. The molecule has 0 fully saturated rings. The van der Waals surface area contributed by atoms with E-state index in [0.29, 0.717) is 0 Å². The predicted octanol–water partition coefficient (Wildman–Crippen LogP) is -0.454. The predicted molar refractivity (Wildman–Crippen MR) is 59.0 cm³/mol. The summed E-state index contributed by atoms with van der Waals surface area (Å²) >= 11 is 0. The number of rotatable bonds is 4. The van der Waals surface area contributed by atoms with Crippen LogP contribution in [0, 0.1) is 0 Å². The van der Waals surface area contributed by atoms with Gasteiger partial charge in [0.1, 0.15) is 0 Å². The normalized spacial score (nSPS) is 9.82. The van der Waals surface area contributed by atoms with E-state index in [-0.39, 0.29) is 24.5 Å². The minimum Gasteiger partial charge on any atom is -0.377 e. The van der Waals surface area contributed by atoms with E-state index in [1.54, 1.807) is 21.3 Å². The molecule has 0 aromatic rings. The van der Waals surface area contributed by atoms with Crippen LogP contribution in [0.5, 0.6) is 0 Å². The lowest BCUT2D eigenvalue weighted by molar-refractivity contribution is 0.125. The third-order valence-electron chi connectivity index (χ3n) is 1.37. The van der Waals surface area contributed by atoms with Crippen molar-refractivity contribution < 1.29 is 13.3 Å². The smallest absolute Gasteiger partial charge is 0.377 e. The van der Waals surface area contributed by atoms with Crippen LogP contribution in [0.15, 0.2) is 0 Å². The minimum atomic E-state index is -2.19. The molecule has 0 atom stereocenters. The van der Waals surface area contributed by atoms with Crippen molar-refractivity contribution in [3.05, 3.63) is 0 Å². The SMILES string of the molecule is CC[Si](OC)(OC)OC.S.[SiH4]. The summed E-state index contributed by atoms with van der Waals surface area (Å²) in [5.41, 5.74) is 0. The fourth-order valence-electron chi connectivity index (χ4n) is 0.683. The highest BCUT2D eigenvalue weighted by atomic mass is 32.1. The van der Waals surface area contributed by atoms with Crippen LogP contribution in [0.3, 0.4) is 0 Å². The summed E-state index contributed by atoms with van der Waals surface area (Å²) in [5.74, 6) is 0. The van der Waals surface area contributed by atoms with Crippen LogP contribution in [-0.4, -0.2) is 41.1 Å². The summed E-state index contributed by atoms with van der Waals surface area (Å²) in [6.07, 6.45) is 0. The molecule has 0 saturated carbocycles. The Labute approximate surface area is 81.3 Å². The molecule has 0 aromatic carbocycles. The summed E-state index contributed by atoms with van der Waals surface area (Å²) in [5, 5.41) is 0. The van der Waals surface area contributed by atoms with Crippen molar-refractivity contribution in [3.63, 3.8) is 0 Å². The Balaban J connectivity index is -0.000000320. The molecule has 0 heterocycles. The molecule has 3 nitrogen and oxygen atoms in total. The lowest BCUT2D eigenvalue weighted by Gasteiger charge is -2.22. The molecule has 0 bridgehead atoms. The maximum absolute atomic E-state index is 5.08. The van der Waals surface area contributed by atoms with Crippen molar-refractivity contribution in [2.24, 2.45) is 0 Å². The molecule has 0 amide bonds. The van der Waals surface area contributed by atoms with Crippen molar-refractivity contribution in [1.29, 1.82) is 0 Å². The van der Waals surface area contributed by atoms with Gasteiger partial charge in [-0.15, -0.1) is 0 Å². The van der Waals surface area contributed by atoms with E-state index in [1.807, 2.05) is 6.92 Å². The quantitative estimate of drug-likeness (QED) is 0.596. The monoisotopic (exact) mass is 216 g/mol. The Morgan fingerprint density at radius 1 is 1.00 bits per heavy atom. The first kappa shape index (κ1) is 17.7. The first-order valence-corrected chi connectivity index (χ1v) is 4.83. The Hall–Kier alpha value is 0.664. The van der Waals surface area contributed by atoms with E-state index in [0.717, 1.165) is 6.04 Å². The van der Waals surface area contributed by atoms with Crippen molar-refractivity contribution in [2.45, 2.75) is 13.0 Å². The average molecular weight is 216 g/mol. The second-order valence-electron chi connectivity index (χ2n) is 1.65. The Bertz CT molecular complexity index is 62.6. The number of hydrogen-bond acceptors (Lipinski definition) is 3. The van der Waals surface area contributed by atoms with Gasteiger partial charge in [0.15, 0.2) is 0 Å². The Morgan fingerprint density at radius 3 is 1.27 bits per heavy atom. The van der Waals surface area contributed by atoms with Gasteiger partial charge in [0.2, 0.25) is 0 Å². The largest absolute Gasteiger partial charge is 0.499 e. The Kier molecular flexibility index (Phi) is 14.1. The van der Waals surface area contributed by atoms with E-state index in [4.69, 9.17) is 13.3 Å². The van der Waals surface area contributed by atoms with E-state index in [1.165, 1.54) is 0 Å². The van der Waals surface area contributed by atoms with E-state index in [2.05, 4.69) is 0 Å². The van der Waals surface area contributed by atoms with Crippen LogP contribution in [0.25, 0.3) is 0 Å². The molecule has 0 radical (unpaired) electrons. The first-order chi connectivity index (χ1) is 4.24. The fourth-order valence-corrected chi connectivity index (χ4v) is 2.05. The van der Waals surface area contributed by atoms with Crippen LogP contribution in [0.4, 0.5) is 0 Å². The summed E-state index contributed by atoms with van der Waals surface area (Å²) in [4.78, 5) is 0. The standard InChI is InChI=1S/C5H14O3Si.H2S.H4Si/c1-5-9(6-2,7-3)8-4;;/h5H2,1-4H3;1H2;1H4. The van der Waals surface area contributed by atoms with Crippen molar-refractivity contribution in [3.8, 4) is 0 Å². The molecular formula is C5H20O3SSi2. The Morgan fingerprint density at radius 2 is 1.27 bits per heavy atom. The lowest BCUT2D eigenvalue weighted by Crippen LogP contribution is -2.41. The molecule has 0 rings (SSSR count). The van der Waals surface area contributed by atoms with Crippen molar-refractivity contribution >= 4 is 33.3 Å². The van der Waals surface area contributed by atoms with Crippen LogP contribution < -0.4 is 0 Å². The van der Waals surface area contributed by atoms with Gasteiger partial charge in [0.25, 0.3) is 0 Å². The molecule has 0 unspecified atom stereocenters. The zero-order valence-corrected chi connectivity index (χ0v) is 8.93. The van der Waals surface area contributed by atoms with E-state index in [9.17, 15) is 0 Å². The third kappa shape index (κ3) is 4.99. The zero-order valence-electron chi connectivity index (χ0n) is 6.93. The van der Waals surface area contributed by atoms with E-state index < -0.39 is 8.80 Å². The molecular weight excluding hydrogens is 196 g/mol. The maximum Gasteiger partial charge on any atom is 0.499 e. The third-order valence-corrected chi connectivity index (χ3v) is 4.10. The van der Waals surface area contributed by atoms with Gasteiger partial charge in [0, 0.05) is 27.4 Å². The van der Waals surface area contributed by atoms with Crippen LogP contribution >= 0.6 is 13.5 Å². The van der Waals surface area contributed by atoms with Crippen LogP contribution in [-0.2, 0) is 13.3 Å². The average Bonchev–Trinajstić information content (AvgIpc) is 1.95. The summed E-state index contributed by atoms with van der Waals surface area (Å²) in [6, 6.07) is 0.816. The highest BCUT2D eigenvalue weighted by molar-refractivity contribution is 7.59. The van der Waals surface area contributed by atoms with Gasteiger partial charge in [-0.3, -0.25) is 0 Å². The highest BCUT2D eigenvalue weighted by Crippen LogP contribution is 2.10. The van der Waals surface area contributed by atoms with Crippen molar-refractivity contribution in [2.75, 3.05) is 21.3 Å². The molecule has 0 spiro atoms. The summed E-state index contributed by atoms with van der Waals surface area (Å²) in [6.45, 7) is 1.99. The molecule has 0 aromatic heterocycles. The minimum absolute atomic E-state index is 0. The second kappa shape index (κ2) is 8.76. The van der Waals surface area contributed by atoms with Crippen LogP contribution in [0.1, 0.15) is 6.92 Å². The van der Waals surface area contributed by atoms with Gasteiger partial charge >= 0.3 is 8.80 Å². The molecule has 6 heteroatoms. The zero-order chi connectivity index (χ0) is 7.33. The summed E-state index contributed by atoms with van der Waals surface area (Å²) in [7, 11) is 2.65. The van der Waals surface area contributed by atoms with Gasteiger partial charge in [0.05, 0.1) is 0 Å². The molecule has 72 valence electrons. The molecule has 11 heavy (non-hydrogen) atoms. The topological polar surface area (TPSA) is 27.7 Å². The van der Waals surface area contributed by atoms with E-state index >= 15 is 0 Å². The van der Waals surface area contributed by atoms with Gasteiger partial charge in [-0.05, 0) is 11.0 Å². The number of hydrogen-bond donors (Lipinski definition) is 0. The lowest BCUT2D eigenvalue weighted by atomic mass is 11.0. The van der Waals surface area contributed by atoms with Crippen LogP contribution in [0.2, 0.25) is 6.04 Å². The summed E-state index contributed by atoms with van der Waals surface area (Å²) < 4.78 is 15.2. The van der Waals surface area contributed by atoms with Gasteiger partial charge < -0.3 is 13.3 Å².